The van der Waals surface area contributed by atoms with E-state index in [2.05, 4.69) is 5.32 Å². The van der Waals surface area contributed by atoms with E-state index < -0.39 is 17.4 Å². The average Bonchev–Trinajstić information content (AvgIpc) is 2.34. The van der Waals surface area contributed by atoms with Crippen molar-refractivity contribution in [2.24, 2.45) is 0 Å². The number of phenols is 1. The molecule has 0 aromatic heterocycles. The zero-order valence-corrected chi connectivity index (χ0v) is 10.3. The van der Waals surface area contributed by atoms with Crippen molar-refractivity contribution in [1.82, 2.24) is 5.32 Å². The molecule has 0 saturated heterocycles. The molecule has 0 spiro atoms. The fourth-order valence-electron chi connectivity index (χ4n) is 1.67. The predicted molar refractivity (Wildman–Crippen MR) is 65.3 cm³/mol. The maximum absolute atomic E-state index is 13.0. The Balaban J connectivity index is 2.23. The van der Waals surface area contributed by atoms with Gasteiger partial charge in [0.2, 0.25) is 0 Å². The zero-order chi connectivity index (χ0) is 13.4. The Bertz CT molecular complexity index is 349. The number of rotatable bonds is 8. The van der Waals surface area contributed by atoms with Gasteiger partial charge in [0.05, 0.1) is 0 Å². The average molecular weight is 259 g/mol. The van der Waals surface area contributed by atoms with Crippen LogP contribution in [0.4, 0.5) is 8.78 Å². The van der Waals surface area contributed by atoms with E-state index in [4.69, 9.17) is 10.2 Å². The van der Waals surface area contributed by atoms with Gasteiger partial charge in [-0.2, -0.15) is 0 Å². The van der Waals surface area contributed by atoms with Gasteiger partial charge in [0.25, 0.3) is 0 Å². The molecular weight excluding hydrogens is 240 g/mol. The lowest BCUT2D eigenvalue weighted by atomic mass is 10.2. The molecule has 0 saturated carbocycles. The quantitative estimate of drug-likeness (QED) is 0.628. The smallest absolute Gasteiger partial charge is 0.187 e. The second kappa shape index (κ2) is 8.00. The van der Waals surface area contributed by atoms with Crippen molar-refractivity contribution in [3.05, 3.63) is 29.3 Å². The van der Waals surface area contributed by atoms with E-state index in [1.54, 1.807) is 0 Å². The van der Waals surface area contributed by atoms with Crippen LogP contribution in [-0.2, 0) is 6.54 Å². The molecule has 0 radical (unpaired) electrons. The van der Waals surface area contributed by atoms with Gasteiger partial charge in [-0.25, -0.2) is 8.78 Å². The van der Waals surface area contributed by atoms with Gasteiger partial charge < -0.3 is 15.5 Å². The van der Waals surface area contributed by atoms with E-state index in [0.717, 1.165) is 44.4 Å². The molecule has 18 heavy (non-hydrogen) atoms. The molecule has 1 aromatic rings. The van der Waals surface area contributed by atoms with Gasteiger partial charge in [-0.1, -0.05) is 12.8 Å². The number of aliphatic hydroxyl groups is 1. The highest BCUT2D eigenvalue weighted by atomic mass is 19.1. The van der Waals surface area contributed by atoms with E-state index in [0.29, 0.717) is 12.1 Å². The first-order valence-corrected chi connectivity index (χ1v) is 6.13. The lowest BCUT2D eigenvalue weighted by Crippen LogP contribution is -2.15. The fraction of sp³-hybridized carbons (Fsp3) is 0.538. The number of hydrogen-bond acceptors (Lipinski definition) is 3. The number of hydrogen-bond donors (Lipinski definition) is 3. The van der Waals surface area contributed by atoms with Crippen LogP contribution in [0.15, 0.2) is 12.1 Å². The summed E-state index contributed by atoms with van der Waals surface area (Å²) in [5.41, 5.74) is 0.471. The predicted octanol–water partition coefficient (Wildman–Crippen LogP) is 2.31. The normalized spacial score (nSPS) is 10.8. The molecule has 0 aliphatic carbocycles. The molecule has 3 nitrogen and oxygen atoms in total. The fourth-order valence-corrected chi connectivity index (χ4v) is 1.67. The van der Waals surface area contributed by atoms with Gasteiger partial charge in [-0.3, -0.25) is 0 Å². The molecule has 0 unspecified atom stereocenters. The lowest BCUT2D eigenvalue weighted by Gasteiger charge is -2.06. The van der Waals surface area contributed by atoms with Crippen LogP contribution >= 0.6 is 0 Å². The lowest BCUT2D eigenvalue weighted by molar-refractivity contribution is 0.282. The molecule has 0 atom stereocenters. The Kier molecular flexibility index (Phi) is 6.60. The van der Waals surface area contributed by atoms with Crippen LogP contribution < -0.4 is 5.32 Å². The maximum atomic E-state index is 13.0. The van der Waals surface area contributed by atoms with Crippen LogP contribution in [0, 0.1) is 11.6 Å². The molecule has 3 N–H and O–H groups in total. The first-order valence-electron chi connectivity index (χ1n) is 6.13. The topological polar surface area (TPSA) is 52.5 Å². The number of halogens is 2. The third-order valence-electron chi connectivity index (χ3n) is 2.67. The minimum atomic E-state index is -0.935. The zero-order valence-electron chi connectivity index (χ0n) is 10.3. The summed E-state index contributed by atoms with van der Waals surface area (Å²) in [5, 5.41) is 20.6. The molecule has 0 amide bonds. The summed E-state index contributed by atoms with van der Waals surface area (Å²) in [6.45, 7) is 1.35. The van der Waals surface area contributed by atoms with Crippen molar-refractivity contribution in [2.45, 2.75) is 32.2 Å². The second-order valence-electron chi connectivity index (χ2n) is 4.22. The number of nitrogens with one attached hydrogen (secondary N) is 1. The first-order chi connectivity index (χ1) is 8.65. The summed E-state index contributed by atoms with van der Waals surface area (Å²) in [4.78, 5) is 0. The van der Waals surface area contributed by atoms with Gasteiger partial charge in [0.15, 0.2) is 17.4 Å². The minimum absolute atomic E-state index is 0.222. The van der Waals surface area contributed by atoms with Crippen LogP contribution in [0.2, 0.25) is 0 Å². The van der Waals surface area contributed by atoms with Gasteiger partial charge in [0.1, 0.15) is 0 Å². The van der Waals surface area contributed by atoms with Crippen molar-refractivity contribution < 1.29 is 19.0 Å². The van der Waals surface area contributed by atoms with E-state index in [-0.39, 0.29) is 6.61 Å². The van der Waals surface area contributed by atoms with Gasteiger partial charge in [0, 0.05) is 13.2 Å². The number of phenolic OH excluding ortho intramolecular Hbond substituents is 1. The van der Waals surface area contributed by atoms with Crippen LogP contribution in [0.25, 0.3) is 0 Å². The summed E-state index contributed by atoms with van der Waals surface area (Å²) in [7, 11) is 0. The second-order valence-corrected chi connectivity index (χ2v) is 4.22. The van der Waals surface area contributed by atoms with Crippen LogP contribution in [0.1, 0.15) is 31.2 Å². The molecule has 5 heteroatoms. The van der Waals surface area contributed by atoms with Crippen molar-refractivity contribution in [2.75, 3.05) is 13.2 Å². The Hall–Kier alpha value is -1.20. The Morgan fingerprint density at radius 2 is 1.61 bits per heavy atom. The highest BCUT2D eigenvalue weighted by Gasteiger charge is 2.08. The largest absolute Gasteiger partial charge is 0.503 e. The summed E-state index contributed by atoms with van der Waals surface area (Å²) >= 11 is 0. The van der Waals surface area contributed by atoms with Crippen LogP contribution in [0.5, 0.6) is 5.75 Å². The number of benzene rings is 1. The summed E-state index contributed by atoms with van der Waals surface area (Å²) in [6, 6.07) is 2.24. The van der Waals surface area contributed by atoms with Gasteiger partial charge in [-0.15, -0.1) is 0 Å². The SMILES string of the molecule is OCCCCCCNCc1cc(F)c(O)c(F)c1. The van der Waals surface area contributed by atoms with Crippen LogP contribution in [0.3, 0.4) is 0 Å². The molecular formula is C13H19F2NO2. The van der Waals surface area contributed by atoms with E-state index in [1.807, 2.05) is 0 Å². The van der Waals surface area contributed by atoms with Crippen molar-refractivity contribution in [3.63, 3.8) is 0 Å². The van der Waals surface area contributed by atoms with E-state index in [9.17, 15) is 8.78 Å². The maximum Gasteiger partial charge on any atom is 0.187 e. The molecule has 0 heterocycles. The monoisotopic (exact) mass is 259 g/mol. The van der Waals surface area contributed by atoms with Gasteiger partial charge in [-0.05, 0) is 37.1 Å². The highest BCUT2D eigenvalue weighted by Crippen LogP contribution is 2.21. The Morgan fingerprint density at radius 1 is 1.00 bits per heavy atom. The van der Waals surface area contributed by atoms with E-state index >= 15 is 0 Å². The first kappa shape index (κ1) is 14.9. The summed E-state index contributed by atoms with van der Waals surface area (Å²) in [5.74, 6) is -2.80. The minimum Gasteiger partial charge on any atom is -0.503 e. The molecule has 0 aliphatic rings. The van der Waals surface area contributed by atoms with Crippen LogP contribution in [-0.4, -0.2) is 23.4 Å². The third kappa shape index (κ3) is 4.98. The molecule has 1 aromatic carbocycles. The summed E-state index contributed by atoms with van der Waals surface area (Å²) in [6.07, 6.45) is 3.78. The molecule has 102 valence electrons. The van der Waals surface area contributed by atoms with E-state index in [1.165, 1.54) is 0 Å². The Morgan fingerprint density at radius 3 is 2.22 bits per heavy atom. The highest BCUT2D eigenvalue weighted by molar-refractivity contribution is 5.29. The van der Waals surface area contributed by atoms with Crippen molar-refractivity contribution >= 4 is 0 Å². The number of unbranched alkanes of at least 4 members (excludes halogenated alkanes) is 3. The van der Waals surface area contributed by atoms with Crippen molar-refractivity contribution in [3.8, 4) is 5.75 Å². The molecule has 0 bridgehead atoms. The molecule has 1 rings (SSSR count). The summed E-state index contributed by atoms with van der Waals surface area (Å²) < 4.78 is 26.0. The number of aliphatic hydroxyl groups excluding tert-OH is 1. The molecule has 0 aliphatic heterocycles. The number of aromatic hydroxyl groups is 1. The standard InChI is InChI=1S/C13H19F2NO2/c14-11-7-10(8-12(15)13(11)18)9-16-5-3-1-2-4-6-17/h7-8,16-18H,1-6,9H2. The third-order valence-corrected chi connectivity index (χ3v) is 2.67. The van der Waals surface area contributed by atoms with Crippen molar-refractivity contribution in [1.29, 1.82) is 0 Å². The Labute approximate surface area is 105 Å². The van der Waals surface area contributed by atoms with Gasteiger partial charge >= 0.3 is 0 Å². The molecule has 0 fully saturated rings.